The quantitative estimate of drug-likeness (QED) is 0.638. The summed E-state index contributed by atoms with van der Waals surface area (Å²) >= 11 is 0. The monoisotopic (exact) mass is 328 g/mol. The van der Waals surface area contributed by atoms with Gasteiger partial charge in [0.1, 0.15) is 5.75 Å². The molecule has 0 radical (unpaired) electrons. The third kappa shape index (κ3) is 5.48. The van der Waals surface area contributed by atoms with Crippen molar-refractivity contribution in [1.82, 2.24) is 5.32 Å². The first-order valence-corrected chi connectivity index (χ1v) is 7.57. The molecule has 0 fully saturated rings. The lowest BCUT2D eigenvalue weighted by atomic mass is 10.0. The van der Waals surface area contributed by atoms with Gasteiger partial charge in [0.25, 0.3) is 0 Å². The average Bonchev–Trinajstić information content (AvgIpc) is 2.50. The number of amides is 1. The molecule has 5 nitrogen and oxygen atoms in total. The maximum absolute atomic E-state index is 11.5. The highest BCUT2D eigenvalue weighted by Gasteiger charge is 2.18. The Hall–Kier alpha value is -1.30. The van der Waals surface area contributed by atoms with Crippen molar-refractivity contribution in [2.75, 3.05) is 31.6 Å². The molecule has 0 aliphatic carbocycles. The summed E-state index contributed by atoms with van der Waals surface area (Å²) in [6, 6.07) is 5.89. The third-order valence-electron chi connectivity index (χ3n) is 3.56. The van der Waals surface area contributed by atoms with Crippen molar-refractivity contribution in [2.45, 2.75) is 26.2 Å². The van der Waals surface area contributed by atoms with E-state index in [1.165, 1.54) is 0 Å². The van der Waals surface area contributed by atoms with Gasteiger partial charge in [-0.1, -0.05) is 19.1 Å². The van der Waals surface area contributed by atoms with E-state index in [4.69, 9.17) is 9.84 Å². The number of rotatable bonds is 8. The Morgan fingerprint density at radius 3 is 3.00 bits per heavy atom. The van der Waals surface area contributed by atoms with Gasteiger partial charge in [-0.2, -0.15) is 0 Å². The predicted octanol–water partition coefficient (Wildman–Crippen LogP) is 1.98. The van der Waals surface area contributed by atoms with E-state index < -0.39 is 0 Å². The third-order valence-corrected chi connectivity index (χ3v) is 3.56. The summed E-state index contributed by atoms with van der Waals surface area (Å²) in [5, 5.41) is 15.1. The lowest BCUT2D eigenvalue weighted by molar-refractivity contribution is -0.116. The number of nitrogens with one attached hydrogen (secondary N) is 2. The minimum Gasteiger partial charge on any atom is -0.491 e. The molecule has 3 N–H and O–H groups in total. The van der Waals surface area contributed by atoms with Crippen LogP contribution in [0.2, 0.25) is 0 Å². The summed E-state index contributed by atoms with van der Waals surface area (Å²) in [6.45, 7) is 4.48. The fourth-order valence-electron chi connectivity index (χ4n) is 2.29. The van der Waals surface area contributed by atoms with Gasteiger partial charge in [-0.3, -0.25) is 4.79 Å². The first kappa shape index (κ1) is 18.7. The van der Waals surface area contributed by atoms with Crippen LogP contribution in [0.15, 0.2) is 18.2 Å². The van der Waals surface area contributed by atoms with E-state index in [1.807, 2.05) is 25.1 Å². The van der Waals surface area contributed by atoms with Gasteiger partial charge in [0.05, 0.1) is 12.3 Å². The van der Waals surface area contributed by atoms with Gasteiger partial charge in [0.15, 0.2) is 0 Å². The number of fused-ring (bicyclic) bond motifs is 1. The number of ether oxygens (including phenoxy) is 1. The van der Waals surface area contributed by atoms with Gasteiger partial charge in [0, 0.05) is 13.0 Å². The summed E-state index contributed by atoms with van der Waals surface area (Å²) in [6.07, 6.45) is 2.21. The molecule has 0 saturated heterocycles. The molecule has 1 aromatic carbocycles. The van der Waals surface area contributed by atoms with Crippen LogP contribution in [0, 0.1) is 5.92 Å². The minimum absolute atomic E-state index is 0. The van der Waals surface area contributed by atoms with Crippen molar-refractivity contribution in [1.29, 1.82) is 0 Å². The molecule has 1 unspecified atom stereocenters. The van der Waals surface area contributed by atoms with Crippen LogP contribution in [-0.4, -0.2) is 37.3 Å². The highest BCUT2D eigenvalue weighted by Crippen LogP contribution is 2.32. The van der Waals surface area contributed by atoms with Crippen molar-refractivity contribution in [2.24, 2.45) is 5.92 Å². The first-order valence-electron chi connectivity index (χ1n) is 7.57. The topological polar surface area (TPSA) is 70.6 Å². The van der Waals surface area contributed by atoms with E-state index in [0.717, 1.165) is 42.9 Å². The number of carbonyl (C=O) groups excluding carboxylic acids is 1. The molecule has 1 aliphatic heterocycles. The van der Waals surface area contributed by atoms with Gasteiger partial charge in [-0.05, 0) is 43.5 Å². The van der Waals surface area contributed by atoms with Crippen molar-refractivity contribution in [3.63, 3.8) is 0 Å². The van der Waals surface area contributed by atoms with Crippen LogP contribution in [0.1, 0.15) is 25.3 Å². The maximum atomic E-state index is 11.5. The molecule has 0 saturated carbocycles. The molecule has 1 aliphatic rings. The molecule has 1 atom stereocenters. The number of para-hydroxylation sites is 1. The van der Waals surface area contributed by atoms with Crippen LogP contribution in [0.3, 0.4) is 0 Å². The van der Waals surface area contributed by atoms with Crippen LogP contribution in [0.25, 0.3) is 0 Å². The summed E-state index contributed by atoms with van der Waals surface area (Å²) in [7, 11) is 0. The molecule has 6 heteroatoms. The molecule has 0 spiro atoms. The fourth-order valence-corrected chi connectivity index (χ4v) is 2.29. The predicted molar refractivity (Wildman–Crippen MR) is 89.9 cm³/mol. The van der Waals surface area contributed by atoms with Crippen molar-refractivity contribution < 1.29 is 14.6 Å². The average molecular weight is 329 g/mol. The molecule has 22 heavy (non-hydrogen) atoms. The van der Waals surface area contributed by atoms with Crippen molar-refractivity contribution in [3.05, 3.63) is 23.8 Å². The van der Waals surface area contributed by atoms with Crippen molar-refractivity contribution >= 4 is 24.0 Å². The molecule has 0 aromatic heterocycles. The van der Waals surface area contributed by atoms with E-state index >= 15 is 0 Å². The van der Waals surface area contributed by atoms with Gasteiger partial charge >= 0.3 is 0 Å². The molecule has 2 rings (SSSR count). The second-order valence-electron chi connectivity index (χ2n) is 5.53. The van der Waals surface area contributed by atoms with Crippen molar-refractivity contribution in [3.8, 4) is 5.75 Å². The van der Waals surface area contributed by atoms with Crippen LogP contribution in [0.5, 0.6) is 5.75 Å². The minimum atomic E-state index is 0. The smallest absolute Gasteiger partial charge is 0.224 e. The normalized spacial score (nSPS) is 14.5. The molecule has 1 aromatic rings. The van der Waals surface area contributed by atoms with Crippen LogP contribution >= 0.6 is 12.4 Å². The number of benzene rings is 1. The highest BCUT2D eigenvalue weighted by atomic mass is 35.5. The first-order chi connectivity index (χ1) is 10.2. The zero-order valence-electron chi connectivity index (χ0n) is 12.9. The second kappa shape index (κ2) is 9.66. The maximum Gasteiger partial charge on any atom is 0.224 e. The number of hydrogen-bond acceptors (Lipinski definition) is 4. The number of hydrogen-bond donors (Lipinski definition) is 3. The number of aliphatic hydroxyl groups is 1. The van der Waals surface area contributed by atoms with E-state index in [9.17, 15) is 4.79 Å². The number of aliphatic hydroxyl groups excluding tert-OH is 1. The lowest BCUT2D eigenvalue weighted by Crippen LogP contribution is -2.25. The van der Waals surface area contributed by atoms with E-state index in [0.29, 0.717) is 13.0 Å². The van der Waals surface area contributed by atoms with Crippen LogP contribution in [-0.2, 0) is 11.2 Å². The SMILES string of the molecule is CC(CO)CNCCCOc1cccc2c1NC(=O)CC2.Cl. The van der Waals surface area contributed by atoms with Gasteiger partial charge in [0.2, 0.25) is 5.91 Å². The highest BCUT2D eigenvalue weighted by molar-refractivity contribution is 5.95. The Morgan fingerprint density at radius 2 is 2.23 bits per heavy atom. The number of anilines is 1. The molecular weight excluding hydrogens is 304 g/mol. The van der Waals surface area contributed by atoms with E-state index in [2.05, 4.69) is 10.6 Å². The summed E-state index contributed by atoms with van der Waals surface area (Å²) in [5.41, 5.74) is 1.97. The Kier molecular flexibility index (Phi) is 8.24. The standard InChI is InChI=1S/C16H24N2O3.ClH/c1-12(11-19)10-17-8-3-9-21-14-5-2-4-13-6-7-15(20)18-16(13)14;/h2,4-5,12,17,19H,3,6-11H2,1H3,(H,18,20);1H. The van der Waals surface area contributed by atoms with Crippen LogP contribution in [0.4, 0.5) is 5.69 Å². The zero-order valence-corrected chi connectivity index (χ0v) is 13.7. The molecule has 124 valence electrons. The summed E-state index contributed by atoms with van der Waals surface area (Å²) in [5.74, 6) is 1.09. The number of aryl methyl sites for hydroxylation is 1. The van der Waals surface area contributed by atoms with E-state index in [1.54, 1.807) is 0 Å². The van der Waals surface area contributed by atoms with Crippen LogP contribution < -0.4 is 15.4 Å². The second-order valence-corrected chi connectivity index (χ2v) is 5.53. The molecule has 1 heterocycles. The van der Waals surface area contributed by atoms with E-state index in [-0.39, 0.29) is 30.8 Å². The van der Waals surface area contributed by atoms with Gasteiger partial charge in [-0.15, -0.1) is 12.4 Å². The molecule has 0 bridgehead atoms. The van der Waals surface area contributed by atoms with Gasteiger partial charge < -0.3 is 20.5 Å². The van der Waals surface area contributed by atoms with Gasteiger partial charge in [-0.25, -0.2) is 0 Å². The summed E-state index contributed by atoms with van der Waals surface area (Å²) < 4.78 is 5.78. The molecule has 1 amide bonds. The zero-order chi connectivity index (χ0) is 15.1. The Labute approximate surface area is 137 Å². The summed E-state index contributed by atoms with van der Waals surface area (Å²) in [4.78, 5) is 11.5. The molecular formula is C16H25ClN2O3. The Morgan fingerprint density at radius 1 is 1.41 bits per heavy atom. The Balaban J connectivity index is 0.00000242. The fraction of sp³-hybridized carbons (Fsp3) is 0.562. The largest absolute Gasteiger partial charge is 0.491 e. The number of carbonyl (C=O) groups is 1. The lowest BCUT2D eigenvalue weighted by Gasteiger charge is -2.20. The number of halogens is 1. The Bertz CT molecular complexity index is 482.